The predicted octanol–water partition coefficient (Wildman–Crippen LogP) is 3.90. The molecule has 0 N–H and O–H groups in total. The smallest absolute Gasteiger partial charge is 0.125 e. The van der Waals surface area contributed by atoms with E-state index in [9.17, 15) is 4.39 Å². The number of nitrogens with zero attached hydrogens (tertiary/aromatic N) is 1. The molecule has 2 rings (SSSR count). The van der Waals surface area contributed by atoms with E-state index >= 15 is 0 Å². The molecule has 0 unspecified atom stereocenters. The van der Waals surface area contributed by atoms with Crippen LogP contribution in [0.5, 0.6) is 0 Å². The zero-order chi connectivity index (χ0) is 9.42. The van der Waals surface area contributed by atoms with Crippen molar-refractivity contribution < 1.29 is 4.39 Å². The van der Waals surface area contributed by atoms with Gasteiger partial charge in [0.05, 0.1) is 5.52 Å². The van der Waals surface area contributed by atoms with Crippen molar-refractivity contribution in [2.24, 2.45) is 0 Å². The maximum absolute atomic E-state index is 12.9. The summed E-state index contributed by atoms with van der Waals surface area (Å²) in [6.45, 7) is 0. The highest BCUT2D eigenvalue weighted by Gasteiger charge is 2.03. The Hall–Kier alpha value is -0.480. The summed E-state index contributed by atoms with van der Waals surface area (Å²) in [5.41, 5.74) is 0.760. The Morgan fingerprint density at radius 3 is 2.69 bits per heavy atom. The van der Waals surface area contributed by atoms with Crippen LogP contribution in [0.1, 0.15) is 0 Å². The lowest BCUT2D eigenvalue weighted by molar-refractivity contribution is 0.629. The summed E-state index contributed by atoms with van der Waals surface area (Å²) in [7, 11) is 0. The second-order valence-corrected chi connectivity index (χ2v) is 4.26. The van der Waals surface area contributed by atoms with E-state index in [2.05, 4.69) is 36.8 Å². The number of hydrogen-bond acceptors (Lipinski definition) is 1. The monoisotopic (exact) mass is 303 g/mol. The Labute approximate surface area is 91.2 Å². The number of pyridine rings is 1. The molecule has 4 heteroatoms. The van der Waals surface area contributed by atoms with Crippen molar-refractivity contribution in [3.05, 3.63) is 39.2 Å². The van der Waals surface area contributed by atoms with Crippen LogP contribution in [0.3, 0.4) is 0 Å². The van der Waals surface area contributed by atoms with Crippen LogP contribution in [0.25, 0.3) is 10.9 Å². The van der Waals surface area contributed by atoms with Crippen LogP contribution in [0.15, 0.2) is 33.3 Å². The van der Waals surface area contributed by atoms with Gasteiger partial charge in [0, 0.05) is 9.86 Å². The van der Waals surface area contributed by atoms with Crippen LogP contribution in [-0.4, -0.2) is 4.98 Å². The van der Waals surface area contributed by atoms with Gasteiger partial charge < -0.3 is 0 Å². The molecule has 0 bridgehead atoms. The molecule has 2 aromatic rings. The maximum Gasteiger partial charge on any atom is 0.125 e. The topological polar surface area (TPSA) is 12.9 Å². The Morgan fingerprint density at radius 2 is 1.92 bits per heavy atom. The molecule has 1 aromatic carbocycles. The molecule has 0 aliphatic rings. The van der Waals surface area contributed by atoms with Crippen LogP contribution in [0.2, 0.25) is 0 Å². The Bertz CT molecular complexity index is 470. The lowest BCUT2D eigenvalue weighted by Gasteiger charge is -2.00. The molecule has 0 spiro atoms. The van der Waals surface area contributed by atoms with Gasteiger partial charge in [-0.25, -0.2) is 9.37 Å². The second-order valence-electron chi connectivity index (χ2n) is 2.59. The third-order valence-corrected chi connectivity index (χ3v) is 2.72. The second kappa shape index (κ2) is 3.35. The van der Waals surface area contributed by atoms with Crippen LogP contribution in [0, 0.1) is 5.82 Å². The fourth-order valence-electron chi connectivity index (χ4n) is 1.13. The highest BCUT2D eigenvalue weighted by Crippen LogP contribution is 2.25. The summed E-state index contributed by atoms with van der Waals surface area (Å²) < 4.78 is 14.3. The molecule has 1 heterocycles. The molecule has 0 amide bonds. The molecule has 66 valence electrons. The highest BCUT2D eigenvalue weighted by atomic mass is 79.9. The van der Waals surface area contributed by atoms with Crippen LogP contribution in [0.4, 0.5) is 4.39 Å². The molecular weight excluding hydrogens is 301 g/mol. The maximum atomic E-state index is 12.9. The summed E-state index contributed by atoms with van der Waals surface area (Å²) in [4.78, 5) is 4.22. The van der Waals surface area contributed by atoms with E-state index in [1.165, 1.54) is 12.1 Å². The summed E-state index contributed by atoms with van der Waals surface area (Å²) in [5, 5.41) is 0.787. The van der Waals surface area contributed by atoms with Crippen molar-refractivity contribution in [1.82, 2.24) is 4.98 Å². The molecule has 13 heavy (non-hydrogen) atoms. The van der Waals surface area contributed by atoms with Crippen LogP contribution >= 0.6 is 31.9 Å². The van der Waals surface area contributed by atoms with E-state index in [0.717, 1.165) is 15.5 Å². The van der Waals surface area contributed by atoms with Gasteiger partial charge in [-0.15, -0.1) is 0 Å². The lowest BCUT2D eigenvalue weighted by atomic mass is 10.2. The van der Waals surface area contributed by atoms with Gasteiger partial charge in [0.2, 0.25) is 0 Å². The molecule has 0 fully saturated rings. The van der Waals surface area contributed by atoms with E-state index in [0.29, 0.717) is 4.47 Å². The number of benzene rings is 1. The van der Waals surface area contributed by atoms with Gasteiger partial charge in [-0.05, 0) is 56.1 Å². The van der Waals surface area contributed by atoms with Crippen LogP contribution < -0.4 is 0 Å². The molecule has 0 aliphatic carbocycles. The molecule has 1 aromatic heterocycles. The fraction of sp³-hybridized carbons (Fsp3) is 0. The summed E-state index contributed by atoms with van der Waals surface area (Å²) in [5.74, 6) is -0.261. The summed E-state index contributed by atoms with van der Waals surface area (Å²) in [6.07, 6.45) is 0. The molecule has 0 atom stereocenters. The number of hydrogen-bond donors (Lipinski definition) is 0. The van der Waals surface area contributed by atoms with Gasteiger partial charge in [-0.1, -0.05) is 0 Å². The van der Waals surface area contributed by atoms with Crippen molar-refractivity contribution in [2.75, 3.05) is 0 Å². The molecule has 0 radical (unpaired) electrons. The largest absolute Gasteiger partial charge is 0.240 e. The van der Waals surface area contributed by atoms with Gasteiger partial charge in [-0.2, -0.15) is 0 Å². The minimum atomic E-state index is -0.261. The van der Waals surface area contributed by atoms with Crippen LogP contribution in [-0.2, 0) is 0 Å². The number of fused-ring (bicyclic) bond motifs is 1. The van der Waals surface area contributed by atoms with E-state index in [1.54, 1.807) is 6.07 Å². The zero-order valence-corrected chi connectivity index (χ0v) is 9.56. The first-order valence-electron chi connectivity index (χ1n) is 3.58. The minimum Gasteiger partial charge on any atom is -0.240 e. The normalized spacial score (nSPS) is 10.7. The molecular formula is C9H4Br2FN. The van der Waals surface area contributed by atoms with Gasteiger partial charge in [0.1, 0.15) is 10.4 Å². The van der Waals surface area contributed by atoms with E-state index in [4.69, 9.17) is 0 Å². The Balaban J connectivity index is 2.87. The third kappa shape index (κ3) is 1.74. The van der Waals surface area contributed by atoms with Crippen molar-refractivity contribution in [3.63, 3.8) is 0 Å². The fourth-order valence-corrected chi connectivity index (χ4v) is 1.98. The number of rotatable bonds is 0. The molecule has 0 saturated heterocycles. The molecule has 0 saturated carbocycles. The highest BCUT2D eigenvalue weighted by molar-refractivity contribution is 9.11. The van der Waals surface area contributed by atoms with Crippen molar-refractivity contribution in [1.29, 1.82) is 0 Å². The van der Waals surface area contributed by atoms with E-state index in [1.807, 2.05) is 6.07 Å². The first-order valence-corrected chi connectivity index (χ1v) is 5.17. The average molecular weight is 305 g/mol. The Morgan fingerprint density at radius 1 is 1.15 bits per heavy atom. The Kier molecular flexibility index (Phi) is 2.34. The summed E-state index contributed by atoms with van der Waals surface area (Å²) in [6, 6.07) is 6.47. The number of halogens is 3. The standard InChI is InChI=1S/C9H4Br2FN/c10-7-4-6(12)3-5-1-2-8(11)13-9(5)7/h1-4H. The van der Waals surface area contributed by atoms with Crippen molar-refractivity contribution in [2.45, 2.75) is 0 Å². The van der Waals surface area contributed by atoms with Gasteiger partial charge >= 0.3 is 0 Å². The first-order chi connectivity index (χ1) is 6.16. The minimum absolute atomic E-state index is 0.261. The molecule has 1 nitrogen and oxygen atoms in total. The van der Waals surface area contributed by atoms with Gasteiger partial charge in [0.25, 0.3) is 0 Å². The number of aromatic nitrogens is 1. The van der Waals surface area contributed by atoms with E-state index in [-0.39, 0.29) is 5.82 Å². The SMILES string of the molecule is Fc1cc(Br)c2nc(Br)ccc2c1. The van der Waals surface area contributed by atoms with Gasteiger partial charge in [0.15, 0.2) is 0 Å². The molecule has 0 aliphatic heterocycles. The lowest BCUT2D eigenvalue weighted by Crippen LogP contribution is -1.83. The average Bonchev–Trinajstić information content (AvgIpc) is 2.06. The third-order valence-electron chi connectivity index (χ3n) is 1.68. The quantitative estimate of drug-likeness (QED) is 0.673. The zero-order valence-electron chi connectivity index (χ0n) is 6.39. The van der Waals surface area contributed by atoms with Gasteiger partial charge in [-0.3, -0.25) is 0 Å². The van der Waals surface area contributed by atoms with Crippen molar-refractivity contribution >= 4 is 42.8 Å². The first kappa shape index (κ1) is 9.09. The van der Waals surface area contributed by atoms with E-state index < -0.39 is 0 Å². The van der Waals surface area contributed by atoms with Crippen molar-refractivity contribution in [3.8, 4) is 0 Å². The summed E-state index contributed by atoms with van der Waals surface area (Å²) >= 11 is 6.52. The predicted molar refractivity (Wildman–Crippen MR) is 57.1 cm³/mol.